The molecule has 0 aromatic carbocycles. The molecule has 1 aromatic heterocycles. The number of hydrogen-bond donors (Lipinski definition) is 2. The normalized spacial score (nSPS) is 10.1. The molecule has 1 amide bonds. The summed E-state index contributed by atoms with van der Waals surface area (Å²) in [6.45, 7) is 0.612. The van der Waals surface area contributed by atoms with E-state index in [9.17, 15) is 9.59 Å². The predicted molar refractivity (Wildman–Crippen MR) is 62.5 cm³/mol. The molecule has 0 atom stereocenters. The third kappa shape index (κ3) is 4.89. The summed E-state index contributed by atoms with van der Waals surface area (Å²) in [4.78, 5) is 25.7. The predicted octanol–water partition coefficient (Wildman–Crippen LogP) is 0.381. The maximum atomic E-state index is 11.4. The van der Waals surface area contributed by atoms with Crippen molar-refractivity contribution in [2.45, 2.75) is 0 Å². The van der Waals surface area contributed by atoms with Crippen LogP contribution in [0.25, 0.3) is 0 Å². The second kappa shape index (κ2) is 7.36. The van der Waals surface area contributed by atoms with Crippen LogP contribution in [0.1, 0.15) is 10.5 Å². The zero-order valence-electron chi connectivity index (χ0n) is 9.88. The Hall–Kier alpha value is -1.99. The highest BCUT2D eigenvalue weighted by atomic mass is 16.5. The number of pyridine rings is 1. The molecule has 0 bridgehead atoms. The number of amides is 1. The number of aromatic nitrogens is 1. The van der Waals surface area contributed by atoms with Crippen LogP contribution in [0.3, 0.4) is 0 Å². The van der Waals surface area contributed by atoms with E-state index < -0.39 is 5.97 Å². The minimum absolute atomic E-state index is 0.117. The number of methoxy groups -OCH3 is 1. The Morgan fingerprint density at radius 1 is 1.44 bits per heavy atom. The average Bonchev–Trinajstić information content (AvgIpc) is 2.35. The first-order valence-electron chi connectivity index (χ1n) is 5.19. The zero-order chi connectivity index (χ0) is 13.4. The Bertz CT molecular complexity index is 422. The maximum Gasteiger partial charge on any atom is 0.354 e. The van der Waals surface area contributed by atoms with Gasteiger partial charge in [-0.3, -0.25) is 4.79 Å². The molecular weight excluding hydrogens is 240 g/mol. The molecule has 1 aromatic rings. The summed E-state index contributed by atoms with van der Waals surface area (Å²) in [6.07, 6.45) is 1.31. The van der Waals surface area contributed by atoms with Gasteiger partial charge in [-0.05, 0) is 12.1 Å². The van der Waals surface area contributed by atoms with E-state index in [-0.39, 0.29) is 18.2 Å². The van der Waals surface area contributed by atoms with Crippen molar-refractivity contribution in [3.63, 3.8) is 0 Å². The molecule has 0 unspecified atom stereocenters. The topological polar surface area (TPSA) is 97.8 Å². The Morgan fingerprint density at radius 2 is 2.22 bits per heavy atom. The van der Waals surface area contributed by atoms with Gasteiger partial charge in [0.25, 0.3) is 0 Å². The van der Waals surface area contributed by atoms with Crippen molar-refractivity contribution in [1.29, 1.82) is 0 Å². The molecule has 7 nitrogen and oxygen atoms in total. The number of hydrogen-bond acceptors (Lipinski definition) is 5. The van der Waals surface area contributed by atoms with Gasteiger partial charge in [-0.25, -0.2) is 9.78 Å². The number of nitrogens with zero attached hydrogens (tertiary/aromatic N) is 1. The van der Waals surface area contributed by atoms with E-state index in [4.69, 9.17) is 14.6 Å². The van der Waals surface area contributed by atoms with Crippen molar-refractivity contribution < 1.29 is 24.2 Å². The molecule has 0 fully saturated rings. The number of rotatable bonds is 7. The highest BCUT2D eigenvalue weighted by Gasteiger charge is 2.07. The highest BCUT2D eigenvalue weighted by Crippen LogP contribution is 2.07. The first-order chi connectivity index (χ1) is 8.63. The molecule has 0 saturated carbocycles. The second-order valence-electron chi connectivity index (χ2n) is 3.33. The molecule has 18 heavy (non-hydrogen) atoms. The molecular formula is C11H14N2O5. The van der Waals surface area contributed by atoms with Gasteiger partial charge in [0.05, 0.1) is 13.2 Å². The highest BCUT2D eigenvalue weighted by molar-refractivity contribution is 5.93. The molecule has 7 heteroatoms. The number of aromatic carboxylic acids is 1. The molecule has 0 aliphatic rings. The second-order valence-corrected chi connectivity index (χ2v) is 3.33. The first kappa shape index (κ1) is 14.1. The van der Waals surface area contributed by atoms with Crippen LogP contribution in [0, 0.1) is 0 Å². The fourth-order valence-corrected chi connectivity index (χ4v) is 1.13. The fourth-order valence-electron chi connectivity index (χ4n) is 1.13. The van der Waals surface area contributed by atoms with E-state index in [1.165, 1.54) is 25.4 Å². The lowest BCUT2D eigenvalue weighted by atomic mass is 10.3. The fraction of sp³-hybridized carbons (Fsp3) is 0.364. The number of carboxylic acids is 1. The van der Waals surface area contributed by atoms with Gasteiger partial charge in [-0.2, -0.15) is 0 Å². The summed E-state index contributed by atoms with van der Waals surface area (Å²) in [5, 5.41) is 11.2. The molecule has 1 heterocycles. The van der Waals surface area contributed by atoms with E-state index in [2.05, 4.69) is 10.3 Å². The number of nitrogens with one attached hydrogen (secondary N) is 1. The van der Waals surface area contributed by atoms with Crippen LogP contribution in [0.2, 0.25) is 0 Å². The number of carbonyl (C=O) groups excluding carboxylic acids is 1. The third-order valence-electron chi connectivity index (χ3n) is 1.93. The molecule has 0 aliphatic heterocycles. The lowest BCUT2D eigenvalue weighted by Gasteiger charge is -2.06. The Balaban J connectivity index is 2.44. The maximum absolute atomic E-state index is 11.4. The van der Waals surface area contributed by atoms with Crippen molar-refractivity contribution in [1.82, 2.24) is 4.98 Å². The van der Waals surface area contributed by atoms with Crippen LogP contribution in [0.15, 0.2) is 18.3 Å². The first-order valence-corrected chi connectivity index (χ1v) is 5.19. The Morgan fingerprint density at radius 3 is 2.89 bits per heavy atom. The van der Waals surface area contributed by atoms with E-state index >= 15 is 0 Å². The van der Waals surface area contributed by atoms with Crippen LogP contribution in [-0.4, -0.2) is 48.9 Å². The van der Waals surface area contributed by atoms with Crippen LogP contribution in [0.5, 0.6) is 0 Å². The van der Waals surface area contributed by atoms with Crippen LogP contribution >= 0.6 is 0 Å². The van der Waals surface area contributed by atoms with Crippen molar-refractivity contribution in [2.75, 3.05) is 32.2 Å². The van der Waals surface area contributed by atoms with Gasteiger partial charge in [0, 0.05) is 19.0 Å². The number of anilines is 1. The minimum Gasteiger partial charge on any atom is -0.477 e. The molecule has 0 saturated heterocycles. The molecule has 98 valence electrons. The van der Waals surface area contributed by atoms with Crippen molar-refractivity contribution >= 4 is 17.6 Å². The molecule has 2 N–H and O–H groups in total. The van der Waals surface area contributed by atoms with Crippen molar-refractivity contribution in [3.05, 3.63) is 24.0 Å². The summed E-state index contributed by atoms with van der Waals surface area (Å²) in [6, 6.07) is 2.77. The summed E-state index contributed by atoms with van der Waals surface area (Å²) in [5.74, 6) is -1.52. The van der Waals surface area contributed by atoms with Gasteiger partial charge in [-0.15, -0.1) is 0 Å². The lowest BCUT2D eigenvalue weighted by molar-refractivity contribution is -0.121. The van der Waals surface area contributed by atoms with E-state index in [0.717, 1.165) is 0 Å². The smallest absolute Gasteiger partial charge is 0.354 e. The van der Waals surface area contributed by atoms with Gasteiger partial charge in [-0.1, -0.05) is 0 Å². The Labute approximate surface area is 104 Å². The lowest BCUT2D eigenvalue weighted by Crippen LogP contribution is -2.20. The molecule has 1 rings (SSSR count). The van der Waals surface area contributed by atoms with Gasteiger partial charge in [0.15, 0.2) is 0 Å². The Kier molecular flexibility index (Phi) is 5.75. The molecule has 0 aliphatic carbocycles. The van der Waals surface area contributed by atoms with Gasteiger partial charge in [0.1, 0.15) is 12.3 Å². The SMILES string of the molecule is COCCOCC(=O)Nc1ccnc(C(=O)O)c1. The number of carboxylic acid groups (broad SMARTS) is 1. The van der Waals surface area contributed by atoms with Crippen LogP contribution in [0.4, 0.5) is 5.69 Å². The molecule has 0 spiro atoms. The zero-order valence-corrected chi connectivity index (χ0v) is 9.88. The van der Waals surface area contributed by atoms with Gasteiger partial charge < -0.3 is 19.9 Å². The van der Waals surface area contributed by atoms with Gasteiger partial charge >= 0.3 is 5.97 Å². The summed E-state index contributed by atoms with van der Waals surface area (Å²) in [5.41, 5.74) is 0.232. The average molecular weight is 254 g/mol. The van der Waals surface area contributed by atoms with Gasteiger partial charge in [0.2, 0.25) is 5.91 Å². The summed E-state index contributed by atoms with van der Waals surface area (Å²) < 4.78 is 9.77. The third-order valence-corrected chi connectivity index (χ3v) is 1.93. The van der Waals surface area contributed by atoms with E-state index in [1.54, 1.807) is 0 Å². The number of ether oxygens (including phenoxy) is 2. The monoisotopic (exact) mass is 254 g/mol. The van der Waals surface area contributed by atoms with Crippen LogP contribution < -0.4 is 5.32 Å². The minimum atomic E-state index is -1.15. The van der Waals surface area contributed by atoms with Crippen molar-refractivity contribution in [3.8, 4) is 0 Å². The summed E-state index contributed by atoms with van der Waals surface area (Å²) >= 11 is 0. The molecule has 0 radical (unpaired) electrons. The summed E-state index contributed by atoms with van der Waals surface area (Å²) in [7, 11) is 1.54. The van der Waals surface area contributed by atoms with E-state index in [1.807, 2.05) is 0 Å². The largest absolute Gasteiger partial charge is 0.477 e. The quantitative estimate of drug-likeness (QED) is 0.683. The van der Waals surface area contributed by atoms with E-state index in [0.29, 0.717) is 18.9 Å². The standard InChI is InChI=1S/C11H14N2O5/c1-17-4-5-18-7-10(14)13-8-2-3-12-9(6-8)11(15)16/h2-3,6H,4-5,7H2,1H3,(H,15,16)(H,12,13,14). The van der Waals surface area contributed by atoms with Crippen LogP contribution in [-0.2, 0) is 14.3 Å². The number of carbonyl (C=O) groups is 2. The van der Waals surface area contributed by atoms with Crippen molar-refractivity contribution in [2.24, 2.45) is 0 Å².